The molecule has 1 aromatic heterocycles. The van der Waals surface area contributed by atoms with E-state index in [9.17, 15) is 17.2 Å². The molecule has 128 valence electrons. The zero-order valence-corrected chi connectivity index (χ0v) is 13.9. The number of rotatable bonds is 5. The van der Waals surface area contributed by atoms with Crippen molar-refractivity contribution in [3.8, 4) is 0 Å². The smallest absolute Gasteiger partial charge is 0.263 e. The van der Waals surface area contributed by atoms with Gasteiger partial charge in [0, 0.05) is 25.4 Å². The Balaban J connectivity index is 1.77. The quantitative estimate of drug-likeness (QED) is 0.897. The molecule has 1 saturated carbocycles. The molecule has 1 fully saturated rings. The van der Waals surface area contributed by atoms with Crippen molar-refractivity contribution in [1.82, 2.24) is 4.98 Å². The minimum absolute atomic E-state index is 0.0435. The van der Waals surface area contributed by atoms with Gasteiger partial charge in [-0.3, -0.25) is 4.72 Å². The van der Waals surface area contributed by atoms with Gasteiger partial charge in [-0.15, -0.1) is 0 Å². The normalized spacial score (nSPS) is 15.0. The van der Waals surface area contributed by atoms with Crippen molar-refractivity contribution in [2.45, 2.75) is 30.2 Å². The minimum Gasteiger partial charge on any atom is -0.357 e. The van der Waals surface area contributed by atoms with Crippen LogP contribution >= 0.6 is 0 Å². The minimum atomic E-state index is -3.92. The van der Waals surface area contributed by atoms with Gasteiger partial charge < -0.3 is 4.90 Å². The first-order valence-electron chi connectivity index (χ1n) is 7.53. The number of benzene rings is 1. The van der Waals surface area contributed by atoms with E-state index in [-0.39, 0.29) is 10.6 Å². The van der Waals surface area contributed by atoms with Crippen LogP contribution in [0.25, 0.3) is 0 Å². The predicted octanol–water partition coefficient (Wildman–Crippen LogP) is 3.15. The Morgan fingerprint density at radius 2 is 1.92 bits per heavy atom. The Labute approximate surface area is 139 Å². The van der Waals surface area contributed by atoms with Crippen LogP contribution in [0.15, 0.2) is 41.4 Å². The van der Waals surface area contributed by atoms with Gasteiger partial charge >= 0.3 is 0 Å². The Morgan fingerprint density at radius 3 is 2.46 bits per heavy atom. The van der Waals surface area contributed by atoms with Crippen molar-refractivity contribution >= 4 is 21.5 Å². The van der Waals surface area contributed by atoms with Crippen LogP contribution in [0, 0.1) is 11.6 Å². The average molecular weight is 353 g/mol. The van der Waals surface area contributed by atoms with Gasteiger partial charge in [0.05, 0.1) is 5.69 Å². The van der Waals surface area contributed by atoms with Gasteiger partial charge in [0.2, 0.25) is 0 Å². The number of aromatic nitrogens is 1. The molecule has 0 unspecified atom stereocenters. The lowest BCUT2D eigenvalue weighted by Gasteiger charge is -2.35. The average Bonchev–Trinajstić information content (AvgIpc) is 2.49. The van der Waals surface area contributed by atoms with Gasteiger partial charge in [0.1, 0.15) is 10.7 Å². The molecule has 1 aromatic carbocycles. The van der Waals surface area contributed by atoms with Gasteiger partial charge in [-0.05, 0) is 43.5 Å². The fourth-order valence-electron chi connectivity index (χ4n) is 2.47. The molecular formula is C16H17F2N3O2S. The molecule has 8 heteroatoms. The summed E-state index contributed by atoms with van der Waals surface area (Å²) in [6.45, 7) is 0. The monoisotopic (exact) mass is 353 g/mol. The van der Waals surface area contributed by atoms with E-state index in [4.69, 9.17) is 0 Å². The van der Waals surface area contributed by atoms with Crippen LogP contribution in [0.3, 0.4) is 0 Å². The number of hydrogen-bond acceptors (Lipinski definition) is 4. The second kappa shape index (κ2) is 6.35. The maximum absolute atomic E-state index is 13.2. The van der Waals surface area contributed by atoms with E-state index in [0.29, 0.717) is 11.9 Å². The second-order valence-electron chi connectivity index (χ2n) is 5.78. The Hall–Kier alpha value is -2.22. The van der Waals surface area contributed by atoms with E-state index in [0.717, 1.165) is 31.0 Å². The van der Waals surface area contributed by atoms with Crippen LogP contribution in [-0.2, 0) is 10.0 Å². The van der Waals surface area contributed by atoms with Crippen molar-refractivity contribution in [1.29, 1.82) is 0 Å². The summed E-state index contributed by atoms with van der Waals surface area (Å²) in [6, 6.07) is 6.33. The first-order chi connectivity index (χ1) is 11.4. The Kier molecular flexibility index (Phi) is 4.40. The summed E-state index contributed by atoms with van der Waals surface area (Å²) in [5.74, 6) is -1.46. The van der Waals surface area contributed by atoms with E-state index in [1.165, 1.54) is 18.7 Å². The van der Waals surface area contributed by atoms with Crippen LogP contribution in [0.2, 0.25) is 0 Å². The topological polar surface area (TPSA) is 62.3 Å². The van der Waals surface area contributed by atoms with E-state index >= 15 is 0 Å². The maximum Gasteiger partial charge on any atom is 0.263 e. The number of anilines is 2. The van der Waals surface area contributed by atoms with Gasteiger partial charge in [0.15, 0.2) is 11.6 Å². The lowest BCUT2D eigenvalue weighted by Crippen LogP contribution is -2.37. The third kappa shape index (κ3) is 3.33. The zero-order valence-electron chi connectivity index (χ0n) is 13.0. The Morgan fingerprint density at radius 1 is 1.17 bits per heavy atom. The van der Waals surface area contributed by atoms with Crippen molar-refractivity contribution in [3.05, 3.63) is 48.2 Å². The fraction of sp³-hybridized carbons (Fsp3) is 0.312. The van der Waals surface area contributed by atoms with Crippen LogP contribution in [0.1, 0.15) is 19.3 Å². The highest BCUT2D eigenvalue weighted by Crippen LogP contribution is 2.27. The first-order valence-corrected chi connectivity index (χ1v) is 9.02. The molecule has 24 heavy (non-hydrogen) atoms. The highest BCUT2D eigenvalue weighted by atomic mass is 32.2. The molecule has 0 atom stereocenters. The summed E-state index contributed by atoms with van der Waals surface area (Å²) in [5, 5.41) is 0. The number of nitrogens with zero attached hydrogens (tertiary/aromatic N) is 2. The lowest BCUT2D eigenvalue weighted by molar-refractivity contribution is 0.399. The summed E-state index contributed by atoms with van der Waals surface area (Å²) in [4.78, 5) is 6.18. The molecule has 0 aliphatic heterocycles. The molecule has 5 nitrogen and oxygen atoms in total. The number of nitrogens with one attached hydrogen (secondary N) is 1. The maximum atomic E-state index is 13.2. The highest BCUT2D eigenvalue weighted by molar-refractivity contribution is 7.92. The van der Waals surface area contributed by atoms with Crippen molar-refractivity contribution in [2.75, 3.05) is 16.7 Å². The summed E-state index contributed by atoms with van der Waals surface area (Å²) in [5.41, 5.74) is -0.0513. The summed E-state index contributed by atoms with van der Waals surface area (Å²) < 4.78 is 52.9. The SMILES string of the molecule is CN(c1ccc(S(=O)(=O)Nc2ccc(F)c(F)c2)cn1)C1CCC1. The third-order valence-electron chi connectivity index (χ3n) is 4.19. The van der Waals surface area contributed by atoms with E-state index in [1.54, 1.807) is 6.07 Å². The summed E-state index contributed by atoms with van der Waals surface area (Å²) in [7, 11) is -1.99. The standard InChI is InChI=1S/C16H17F2N3O2S/c1-21(12-3-2-4-12)16-8-6-13(10-19-16)24(22,23)20-11-5-7-14(17)15(18)9-11/h5-10,12,20H,2-4H2,1H3. The van der Waals surface area contributed by atoms with Crippen LogP contribution < -0.4 is 9.62 Å². The third-order valence-corrected chi connectivity index (χ3v) is 5.55. The van der Waals surface area contributed by atoms with Crippen molar-refractivity contribution < 1.29 is 17.2 Å². The Bertz CT molecular complexity index is 837. The fourth-order valence-corrected chi connectivity index (χ4v) is 3.47. The largest absolute Gasteiger partial charge is 0.357 e. The predicted molar refractivity (Wildman–Crippen MR) is 87.4 cm³/mol. The molecule has 1 heterocycles. The highest BCUT2D eigenvalue weighted by Gasteiger charge is 2.23. The van der Waals surface area contributed by atoms with Crippen LogP contribution in [0.4, 0.5) is 20.3 Å². The number of hydrogen-bond donors (Lipinski definition) is 1. The lowest BCUT2D eigenvalue weighted by atomic mass is 9.92. The van der Waals surface area contributed by atoms with Crippen LogP contribution in [0.5, 0.6) is 0 Å². The summed E-state index contributed by atoms with van der Waals surface area (Å²) in [6.07, 6.45) is 4.66. The molecule has 3 rings (SSSR count). The molecular weight excluding hydrogens is 336 g/mol. The molecule has 1 N–H and O–H groups in total. The zero-order chi connectivity index (χ0) is 17.3. The second-order valence-corrected chi connectivity index (χ2v) is 7.46. The first kappa shape index (κ1) is 16.6. The molecule has 0 amide bonds. The molecule has 0 radical (unpaired) electrons. The number of pyridine rings is 1. The molecule has 1 aliphatic carbocycles. The van der Waals surface area contributed by atoms with Gasteiger partial charge in [0.25, 0.3) is 10.0 Å². The molecule has 0 spiro atoms. The number of halogens is 2. The molecule has 0 bridgehead atoms. The van der Waals surface area contributed by atoms with Gasteiger partial charge in [-0.1, -0.05) is 0 Å². The van der Waals surface area contributed by atoms with Crippen molar-refractivity contribution in [3.63, 3.8) is 0 Å². The van der Waals surface area contributed by atoms with Crippen molar-refractivity contribution in [2.24, 2.45) is 0 Å². The van der Waals surface area contributed by atoms with Gasteiger partial charge in [-0.2, -0.15) is 0 Å². The van der Waals surface area contributed by atoms with E-state index in [1.807, 2.05) is 11.9 Å². The van der Waals surface area contributed by atoms with E-state index in [2.05, 4.69) is 9.71 Å². The van der Waals surface area contributed by atoms with Gasteiger partial charge in [-0.25, -0.2) is 22.2 Å². The molecule has 0 saturated heterocycles. The number of sulfonamides is 1. The van der Waals surface area contributed by atoms with E-state index < -0.39 is 21.7 Å². The van der Waals surface area contributed by atoms with Crippen LogP contribution in [-0.4, -0.2) is 26.5 Å². The summed E-state index contributed by atoms with van der Waals surface area (Å²) >= 11 is 0. The molecule has 1 aliphatic rings. The molecule has 2 aromatic rings.